The van der Waals surface area contributed by atoms with Gasteiger partial charge in [0.15, 0.2) is 0 Å². The second kappa shape index (κ2) is 10.6. The monoisotopic (exact) mass is 429 g/mol. The van der Waals surface area contributed by atoms with E-state index in [1.165, 1.54) is 18.4 Å². The Labute approximate surface area is 186 Å². The smallest absolute Gasteiger partial charge is 0.251 e. The van der Waals surface area contributed by atoms with E-state index >= 15 is 0 Å². The van der Waals surface area contributed by atoms with E-state index in [0.29, 0.717) is 36.0 Å². The molecule has 2 amide bonds. The molecule has 31 heavy (non-hydrogen) atoms. The molecule has 2 fully saturated rings. The molecule has 6 nitrogen and oxygen atoms in total. The van der Waals surface area contributed by atoms with Crippen LogP contribution in [0.1, 0.15) is 81.1 Å². The molecule has 4 atom stereocenters. The average molecular weight is 430 g/mol. The summed E-state index contributed by atoms with van der Waals surface area (Å²) in [6.07, 6.45) is 5.67. The first-order valence-corrected chi connectivity index (χ1v) is 12.0. The van der Waals surface area contributed by atoms with Crippen molar-refractivity contribution in [3.8, 4) is 0 Å². The van der Waals surface area contributed by atoms with Gasteiger partial charge in [-0.05, 0) is 62.1 Å². The Morgan fingerprint density at radius 1 is 1.19 bits per heavy atom. The minimum atomic E-state index is -0.950. The minimum absolute atomic E-state index is 0.155. The highest BCUT2D eigenvalue weighted by Gasteiger charge is 2.41. The molecule has 2 bridgehead atoms. The van der Waals surface area contributed by atoms with Crippen molar-refractivity contribution in [3.05, 3.63) is 35.4 Å². The number of aliphatic hydroxyl groups is 1. The van der Waals surface area contributed by atoms with Gasteiger partial charge in [0.1, 0.15) is 6.10 Å². The van der Waals surface area contributed by atoms with E-state index in [1.807, 2.05) is 17.0 Å². The summed E-state index contributed by atoms with van der Waals surface area (Å²) in [6.45, 7) is 8.16. The maximum Gasteiger partial charge on any atom is 0.251 e. The number of hydrogen-bond donors (Lipinski definition) is 2. The lowest BCUT2D eigenvalue weighted by Crippen LogP contribution is -2.49. The predicted molar refractivity (Wildman–Crippen MR) is 123 cm³/mol. The molecule has 0 saturated carbocycles. The largest absolute Gasteiger partial charge is 0.384 e. The van der Waals surface area contributed by atoms with Crippen LogP contribution in [0.15, 0.2) is 24.3 Å². The summed E-state index contributed by atoms with van der Waals surface area (Å²) in [5.41, 5.74) is 7.27. The Morgan fingerprint density at radius 2 is 1.84 bits per heavy atom. The predicted octanol–water partition coefficient (Wildman–Crippen LogP) is 3.14. The van der Waals surface area contributed by atoms with Gasteiger partial charge in [-0.25, -0.2) is 0 Å². The second-order valence-corrected chi connectivity index (χ2v) is 9.42. The fourth-order valence-electron chi connectivity index (χ4n) is 5.51. The molecule has 0 spiro atoms. The molecule has 3 rings (SSSR count). The Morgan fingerprint density at radius 3 is 2.39 bits per heavy atom. The lowest BCUT2D eigenvalue weighted by atomic mass is 9.84. The van der Waals surface area contributed by atoms with E-state index in [2.05, 4.69) is 24.8 Å². The summed E-state index contributed by atoms with van der Waals surface area (Å²) in [7, 11) is 0. The molecule has 2 aliphatic rings. The first kappa shape index (κ1) is 23.7. The number of carbonyl (C=O) groups excluding carboxylic acids is 2. The molecule has 1 aromatic rings. The van der Waals surface area contributed by atoms with Crippen LogP contribution >= 0.6 is 0 Å². The zero-order chi connectivity index (χ0) is 22.5. The Kier molecular flexibility index (Phi) is 8.11. The highest BCUT2D eigenvalue weighted by atomic mass is 16.3. The molecule has 2 saturated heterocycles. The van der Waals surface area contributed by atoms with E-state index < -0.39 is 6.10 Å². The quantitative estimate of drug-likeness (QED) is 0.598. The summed E-state index contributed by atoms with van der Waals surface area (Å²) >= 11 is 0. The molecular weight excluding hydrogens is 390 g/mol. The molecule has 2 aliphatic heterocycles. The third-order valence-electron chi connectivity index (χ3n) is 7.46. The van der Waals surface area contributed by atoms with E-state index in [1.54, 1.807) is 13.0 Å². The highest BCUT2D eigenvalue weighted by molar-refractivity contribution is 5.92. The molecule has 172 valence electrons. The molecule has 1 unspecified atom stereocenters. The van der Waals surface area contributed by atoms with Crippen LogP contribution in [0.2, 0.25) is 0 Å². The van der Waals surface area contributed by atoms with Crippen LogP contribution in [0, 0.1) is 5.92 Å². The van der Waals surface area contributed by atoms with Gasteiger partial charge in [0.2, 0.25) is 5.91 Å². The number of piperidine rings is 1. The number of amides is 2. The Bertz CT molecular complexity index is 748. The fourth-order valence-corrected chi connectivity index (χ4v) is 5.51. The number of hydrogen-bond acceptors (Lipinski definition) is 4. The van der Waals surface area contributed by atoms with Crippen molar-refractivity contribution in [1.29, 1.82) is 0 Å². The van der Waals surface area contributed by atoms with Crippen LogP contribution in [0.5, 0.6) is 0 Å². The number of rotatable bonds is 10. The second-order valence-electron chi connectivity index (χ2n) is 9.42. The third kappa shape index (κ3) is 5.66. The number of nitrogens with two attached hydrogens (primary N) is 1. The Balaban J connectivity index is 1.64. The topological polar surface area (TPSA) is 86.9 Å². The van der Waals surface area contributed by atoms with Gasteiger partial charge in [-0.2, -0.15) is 0 Å². The normalized spacial score (nSPS) is 24.4. The maximum atomic E-state index is 12.6. The number of aliphatic hydroxyl groups excluding tert-OH is 1. The van der Waals surface area contributed by atoms with E-state index in [9.17, 15) is 14.7 Å². The molecular formula is C25H39N3O3. The van der Waals surface area contributed by atoms with Crippen molar-refractivity contribution in [3.63, 3.8) is 0 Å². The van der Waals surface area contributed by atoms with Crippen LogP contribution in [-0.2, 0) is 4.79 Å². The van der Waals surface area contributed by atoms with Crippen LogP contribution in [0.4, 0.5) is 0 Å². The minimum Gasteiger partial charge on any atom is -0.384 e. The van der Waals surface area contributed by atoms with Gasteiger partial charge >= 0.3 is 0 Å². The first-order valence-electron chi connectivity index (χ1n) is 12.0. The van der Waals surface area contributed by atoms with Crippen molar-refractivity contribution in [2.75, 3.05) is 19.6 Å². The first-order chi connectivity index (χ1) is 14.8. The molecule has 6 heteroatoms. The molecule has 0 aliphatic carbocycles. The SMILES string of the molecule is CCC(CC)CN(CCN1[C@@H]2CC[C@H]1CC(c1cccc(C(N)=O)c1)C2)C(=O)[C@@H](C)O. The zero-order valence-corrected chi connectivity index (χ0v) is 19.3. The summed E-state index contributed by atoms with van der Waals surface area (Å²) in [6, 6.07) is 8.81. The van der Waals surface area contributed by atoms with Gasteiger partial charge in [-0.1, -0.05) is 38.8 Å². The van der Waals surface area contributed by atoms with Crippen LogP contribution in [0.3, 0.4) is 0 Å². The lowest BCUT2D eigenvalue weighted by Gasteiger charge is -2.40. The number of benzene rings is 1. The fraction of sp³-hybridized carbons (Fsp3) is 0.680. The van der Waals surface area contributed by atoms with E-state index in [0.717, 1.165) is 38.8 Å². The number of primary amides is 1. The number of nitrogens with zero attached hydrogens (tertiary/aromatic N) is 2. The highest BCUT2D eigenvalue weighted by Crippen LogP contribution is 2.43. The van der Waals surface area contributed by atoms with Gasteiger partial charge in [0.25, 0.3) is 5.91 Å². The van der Waals surface area contributed by atoms with Crippen LogP contribution < -0.4 is 5.73 Å². The standard InChI is InChI=1S/C25H39N3O3/c1-4-18(5-2)16-27(25(31)17(3)29)11-12-28-22-9-10-23(28)15-21(14-22)19-7-6-8-20(13-19)24(26)30/h6-8,13,17-18,21-23,29H,4-5,9-12,14-16H2,1-3H3,(H2,26,30)/t17-,21?,22-,23+/m1/s1. The van der Waals surface area contributed by atoms with Crippen molar-refractivity contribution >= 4 is 11.8 Å². The number of carbonyl (C=O) groups is 2. The zero-order valence-electron chi connectivity index (χ0n) is 19.3. The van der Waals surface area contributed by atoms with Crippen molar-refractivity contribution in [2.45, 2.75) is 83.4 Å². The molecule has 3 N–H and O–H groups in total. The molecule has 2 heterocycles. The van der Waals surface area contributed by atoms with Crippen LogP contribution in [-0.4, -0.2) is 64.5 Å². The molecule has 0 radical (unpaired) electrons. The van der Waals surface area contributed by atoms with Crippen molar-refractivity contribution < 1.29 is 14.7 Å². The van der Waals surface area contributed by atoms with Crippen LogP contribution in [0.25, 0.3) is 0 Å². The third-order valence-corrected chi connectivity index (χ3v) is 7.46. The molecule has 0 aromatic heterocycles. The Hall–Kier alpha value is -1.92. The summed E-state index contributed by atoms with van der Waals surface area (Å²) in [5.74, 6) is 0.399. The average Bonchev–Trinajstić information content (AvgIpc) is 3.00. The van der Waals surface area contributed by atoms with Gasteiger partial charge in [-0.15, -0.1) is 0 Å². The maximum absolute atomic E-state index is 12.6. The van der Waals surface area contributed by atoms with Gasteiger partial charge < -0.3 is 15.7 Å². The number of fused-ring (bicyclic) bond motifs is 2. The van der Waals surface area contributed by atoms with Gasteiger partial charge in [-0.3, -0.25) is 14.5 Å². The summed E-state index contributed by atoms with van der Waals surface area (Å²) in [4.78, 5) is 28.6. The lowest BCUT2D eigenvalue weighted by molar-refractivity contribution is -0.140. The van der Waals surface area contributed by atoms with Crippen molar-refractivity contribution in [1.82, 2.24) is 9.80 Å². The summed E-state index contributed by atoms with van der Waals surface area (Å²) in [5, 5.41) is 9.89. The molecule has 1 aromatic carbocycles. The summed E-state index contributed by atoms with van der Waals surface area (Å²) < 4.78 is 0. The van der Waals surface area contributed by atoms with Gasteiger partial charge in [0, 0.05) is 37.3 Å². The van der Waals surface area contributed by atoms with Crippen molar-refractivity contribution in [2.24, 2.45) is 11.7 Å². The van der Waals surface area contributed by atoms with Gasteiger partial charge in [0.05, 0.1) is 0 Å². The van der Waals surface area contributed by atoms with E-state index in [-0.39, 0.29) is 11.8 Å². The van der Waals surface area contributed by atoms with E-state index in [4.69, 9.17) is 5.73 Å².